The molecule has 0 saturated carbocycles. The predicted octanol–water partition coefficient (Wildman–Crippen LogP) is 1.98. The van der Waals surface area contributed by atoms with Gasteiger partial charge in [0.15, 0.2) is 0 Å². The Labute approximate surface area is 122 Å². The summed E-state index contributed by atoms with van der Waals surface area (Å²) in [6, 6.07) is -0.234. The highest BCUT2D eigenvalue weighted by atomic mass is 16.2. The minimum atomic E-state index is -0.234. The predicted molar refractivity (Wildman–Crippen MR) is 80.5 cm³/mol. The molecule has 0 aromatic rings. The number of carbonyl (C=O) groups excluding carboxylic acids is 2. The SMILES string of the molecule is CCC[C@@H](CCC(C)C)C(=O)NC(=O)N1CCNCC1. The molecule has 1 aliphatic rings. The van der Waals surface area contributed by atoms with E-state index < -0.39 is 0 Å². The summed E-state index contributed by atoms with van der Waals surface area (Å²) >= 11 is 0. The molecule has 1 rings (SSSR count). The molecular formula is C15H29N3O2. The topological polar surface area (TPSA) is 61.4 Å². The molecule has 2 N–H and O–H groups in total. The summed E-state index contributed by atoms with van der Waals surface area (Å²) < 4.78 is 0. The molecule has 20 heavy (non-hydrogen) atoms. The van der Waals surface area contributed by atoms with Crippen LogP contribution in [0.1, 0.15) is 46.5 Å². The molecule has 3 amide bonds. The molecule has 1 aliphatic heterocycles. The van der Waals surface area contributed by atoms with Crippen molar-refractivity contribution in [2.24, 2.45) is 11.8 Å². The van der Waals surface area contributed by atoms with Gasteiger partial charge in [-0.15, -0.1) is 0 Å². The Kier molecular flexibility index (Phi) is 7.59. The normalized spacial score (nSPS) is 17.1. The molecule has 0 aromatic carbocycles. The van der Waals surface area contributed by atoms with E-state index in [-0.39, 0.29) is 17.9 Å². The van der Waals surface area contributed by atoms with Gasteiger partial charge in [0.25, 0.3) is 0 Å². The van der Waals surface area contributed by atoms with Crippen molar-refractivity contribution in [1.82, 2.24) is 15.5 Å². The Morgan fingerprint density at radius 2 is 1.80 bits per heavy atom. The summed E-state index contributed by atoms with van der Waals surface area (Å²) in [4.78, 5) is 26.0. The Balaban J connectivity index is 2.44. The third-order valence-corrected chi connectivity index (χ3v) is 3.73. The monoisotopic (exact) mass is 283 g/mol. The maximum Gasteiger partial charge on any atom is 0.324 e. The second kappa shape index (κ2) is 8.95. The van der Waals surface area contributed by atoms with Crippen molar-refractivity contribution in [1.29, 1.82) is 0 Å². The maximum atomic E-state index is 12.2. The fourth-order valence-corrected chi connectivity index (χ4v) is 2.44. The summed E-state index contributed by atoms with van der Waals surface area (Å²) in [7, 11) is 0. The van der Waals surface area contributed by atoms with E-state index in [9.17, 15) is 9.59 Å². The van der Waals surface area contributed by atoms with E-state index in [1.54, 1.807) is 4.90 Å². The number of nitrogens with zero attached hydrogens (tertiary/aromatic N) is 1. The summed E-state index contributed by atoms with van der Waals surface area (Å²) in [5, 5.41) is 5.77. The highest BCUT2D eigenvalue weighted by Gasteiger charge is 2.23. The van der Waals surface area contributed by atoms with Crippen LogP contribution < -0.4 is 10.6 Å². The second-order valence-electron chi connectivity index (χ2n) is 5.99. The van der Waals surface area contributed by atoms with Crippen LogP contribution in [0, 0.1) is 11.8 Å². The van der Waals surface area contributed by atoms with Crippen LogP contribution in [-0.4, -0.2) is 43.0 Å². The van der Waals surface area contributed by atoms with Crippen LogP contribution >= 0.6 is 0 Å². The van der Waals surface area contributed by atoms with E-state index in [0.717, 1.165) is 38.8 Å². The smallest absolute Gasteiger partial charge is 0.322 e. The first kappa shape index (κ1) is 17.0. The van der Waals surface area contributed by atoms with Crippen molar-refractivity contribution >= 4 is 11.9 Å². The number of urea groups is 1. The van der Waals surface area contributed by atoms with Gasteiger partial charge >= 0.3 is 6.03 Å². The number of hydrogen-bond donors (Lipinski definition) is 2. The summed E-state index contributed by atoms with van der Waals surface area (Å²) in [6.45, 7) is 9.33. The van der Waals surface area contributed by atoms with Gasteiger partial charge in [-0.05, 0) is 18.8 Å². The van der Waals surface area contributed by atoms with Crippen LogP contribution in [0.3, 0.4) is 0 Å². The van der Waals surface area contributed by atoms with E-state index in [0.29, 0.717) is 19.0 Å². The fraction of sp³-hybridized carbons (Fsp3) is 0.867. The van der Waals surface area contributed by atoms with Crippen molar-refractivity contribution in [2.45, 2.75) is 46.5 Å². The van der Waals surface area contributed by atoms with Crippen molar-refractivity contribution in [3.8, 4) is 0 Å². The molecule has 1 heterocycles. The van der Waals surface area contributed by atoms with Crippen molar-refractivity contribution < 1.29 is 9.59 Å². The number of imide groups is 1. The van der Waals surface area contributed by atoms with E-state index in [2.05, 4.69) is 31.4 Å². The van der Waals surface area contributed by atoms with Gasteiger partial charge in [-0.25, -0.2) is 4.79 Å². The van der Waals surface area contributed by atoms with Gasteiger partial charge in [-0.2, -0.15) is 0 Å². The number of nitrogens with one attached hydrogen (secondary N) is 2. The van der Waals surface area contributed by atoms with Crippen LogP contribution in [0.5, 0.6) is 0 Å². The number of piperazine rings is 1. The highest BCUT2D eigenvalue weighted by molar-refractivity contribution is 5.95. The van der Waals surface area contributed by atoms with E-state index in [1.807, 2.05) is 0 Å². The molecule has 5 nitrogen and oxygen atoms in total. The Hall–Kier alpha value is -1.10. The molecule has 1 atom stereocenters. The third-order valence-electron chi connectivity index (χ3n) is 3.73. The average molecular weight is 283 g/mol. The molecule has 1 fully saturated rings. The zero-order chi connectivity index (χ0) is 15.0. The molecule has 0 bridgehead atoms. The van der Waals surface area contributed by atoms with Gasteiger partial charge in [-0.3, -0.25) is 10.1 Å². The van der Waals surface area contributed by atoms with E-state index >= 15 is 0 Å². The number of amides is 3. The largest absolute Gasteiger partial charge is 0.324 e. The lowest BCUT2D eigenvalue weighted by atomic mass is 9.93. The second-order valence-corrected chi connectivity index (χ2v) is 5.99. The fourth-order valence-electron chi connectivity index (χ4n) is 2.44. The number of hydrogen-bond acceptors (Lipinski definition) is 3. The zero-order valence-corrected chi connectivity index (χ0v) is 13.1. The lowest BCUT2D eigenvalue weighted by Crippen LogP contribution is -2.52. The Morgan fingerprint density at radius 1 is 1.15 bits per heavy atom. The van der Waals surface area contributed by atoms with Crippen LogP contribution in [0.15, 0.2) is 0 Å². The summed E-state index contributed by atoms with van der Waals surface area (Å²) in [5.41, 5.74) is 0. The lowest BCUT2D eigenvalue weighted by molar-refractivity contribution is -0.124. The van der Waals surface area contributed by atoms with Crippen LogP contribution in [-0.2, 0) is 4.79 Å². The number of carbonyl (C=O) groups is 2. The van der Waals surface area contributed by atoms with Gasteiger partial charge in [0.05, 0.1) is 0 Å². The number of rotatable bonds is 6. The highest BCUT2D eigenvalue weighted by Crippen LogP contribution is 2.17. The van der Waals surface area contributed by atoms with E-state index in [1.165, 1.54) is 0 Å². The van der Waals surface area contributed by atoms with Crippen LogP contribution in [0.25, 0.3) is 0 Å². The molecule has 0 aliphatic carbocycles. The molecule has 0 radical (unpaired) electrons. The molecule has 0 unspecified atom stereocenters. The molecule has 0 spiro atoms. The molecule has 1 saturated heterocycles. The van der Waals surface area contributed by atoms with Crippen LogP contribution in [0.4, 0.5) is 4.79 Å². The van der Waals surface area contributed by atoms with Gasteiger partial charge < -0.3 is 10.2 Å². The minimum absolute atomic E-state index is 0.0331. The standard InChI is InChI=1S/C15H29N3O2/c1-4-5-13(7-6-12(2)3)14(19)17-15(20)18-10-8-16-9-11-18/h12-13,16H,4-11H2,1-3H3,(H,17,19,20)/t13-/m0/s1. The molecular weight excluding hydrogens is 254 g/mol. The van der Waals surface area contributed by atoms with Gasteiger partial charge in [0, 0.05) is 32.1 Å². The van der Waals surface area contributed by atoms with Crippen LogP contribution in [0.2, 0.25) is 0 Å². The molecule has 0 aromatic heterocycles. The van der Waals surface area contributed by atoms with Crippen molar-refractivity contribution in [2.75, 3.05) is 26.2 Å². The molecule has 5 heteroatoms. The summed E-state index contributed by atoms with van der Waals surface area (Å²) in [5.74, 6) is 0.455. The first-order valence-electron chi connectivity index (χ1n) is 7.85. The van der Waals surface area contributed by atoms with Gasteiger partial charge in [0.2, 0.25) is 5.91 Å². The maximum absolute atomic E-state index is 12.2. The summed E-state index contributed by atoms with van der Waals surface area (Å²) in [6.07, 6.45) is 3.72. The van der Waals surface area contributed by atoms with Gasteiger partial charge in [-0.1, -0.05) is 33.6 Å². The van der Waals surface area contributed by atoms with Crippen molar-refractivity contribution in [3.05, 3.63) is 0 Å². The van der Waals surface area contributed by atoms with Gasteiger partial charge in [0.1, 0.15) is 0 Å². The third kappa shape index (κ3) is 5.90. The first-order valence-corrected chi connectivity index (χ1v) is 7.85. The minimum Gasteiger partial charge on any atom is -0.322 e. The lowest BCUT2D eigenvalue weighted by Gasteiger charge is -2.28. The average Bonchev–Trinajstić information content (AvgIpc) is 2.44. The Bertz CT molecular complexity index is 312. The Morgan fingerprint density at radius 3 is 2.35 bits per heavy atom. The molecule has 116 valence electrons. The van der Waals surface area contributed by atoms with E-state index in [4.69, 9.17) is 0 Å². The quantitative estimate of drug-likeness (QED) is 0.783. The zero-order valence-electron chi connectivity index (χ0n) is 13.1. The first-order chi connectivity index (χ1) is 9.54. The van der Waals surface area contributed by atoms with Crippen molar-refractivity contribution in [3.63, 3.8) is 0 Å².